The third-order valence-electron chi connectivity index (χ3n) is 3.10. The van der Waals surface area contributed by atoms with Gasteiger partial charge >= 0.3 is 12.1 Å². The van der Waals surface area contributed by atoms with Gasteiger partial charge < -0.3 is 20.5 Å². The molecule has 0 aromatic heterocycles. The number of ether oxygens (including phenoxy) is 2. The first-order chi connectivity index (χ1) is 11.7. The van der Waals surface area contributed by atoms with E-state index in [0.717, 1.165) is 10.6 Å². The number of nitrogens with zero attached hydrogens (tertiary/aromatic N) is 1. The summed E-state index contributed by atoms with van der Waals surface area (Å²) in [5.74, 6) is 0.787. The SMILES string of the molecule is Cc1ccc(OCCCNC(=O)N(CCN)C(=O)OC(C)(C)C)cc1. The molecule has 0 radical (unpaired) electrons. The third kappa shape index (κ3) is 8.39. The molecule has 1 aromatic carbocycles. The van der Waals surface area contributed by atoms with Gasteiger partial charge in [-0.05, 0) is 46.2 Å². The Morgan fingerprint density at radius 2 is 1.84 bits per heavy atom. The summed E-state index contributed by atoms with van der Waals surface area (Å²) in [7, 11) is 0. The average Bonchev–Trinajstić information content (AvgIpc) is 2.52. The quantitative estimate of drug-likeness (QED) is 0.737. The van der Waals surface area contributed by atoms with Gasteiger partial charge in [-0.1, -0.05) is 17.7 Å². The topological polar surface area (TPSA) is 93.9 Å². The Hall–Kier alpha value is -2.28. The van der Waals surface area contributed by atoms with Crippen LogP contribution in [0.2, 0.25) is 0 Å². The maximum Gasteiger partial charge on any atom is 0.418 e. The molecule has 0 bridgehead atoms. The van der Waals surface area contributed by atoms with Crippen LogP contribution in [0.4, 0.5) is 9.59 Å². The van der Waals surface area contributed by atoms with Gasteiger partial charge in [-0.3, -0.25) is 0 Å². The van der Waals surface area contributed by atoms with E-state index in [0.29, 0.717) is 19.6 Å². The number of carbonyl (C=O) groups is 2. The van der Waals surface area contributed by atoms with Crippen LogP contribution in [-0.4, -0.2) is 48.9 Å². The molecule has 3 N–H and O–H groups in total. The second-order valence-corrected chi connectivity index (χ2v) is 6.67. The van der Waals surface area contributed by atoms with E-state index in [-0.39, 0.29) is 13.1 Å². The van der Waals surface area contributed by atoms with Crippen molar-refractivity contribution in [1.29, 1.82) is 0 Å². The van der Waals surface area contributed by atoms with Crippen molar-refractivity contribution in [2.24, 2.45) is 5.73 Å². The lowest BCUT2D eigenvalue weighted by Gasteiger charge is -2.26. The predicted molar refractivity (Wildman–Crippen MR) is 96.7 cm³/mol. The van der Waals surface area contributed by atoms with Crippen LogP contribution >= 0.6 is 0 Å². The largest absolute Gasteiger partial charge is 0.494 e. The number of rotatable bonds is 7. The molecule has 0 unspecified atom stereocenters. The molecule has 25 heavy (non-hydrogen) atoms. The smallest absolute Gasteiger partial charge is 0.418 e. The van der Waals surface area contributed by atoms with Gasteiger partial charge in [-0.15, -0.1) is 0 Å². The molecule has 7 nitrogen and oxygen atoms in total. The number of carbonyl (C=O) groups excluding carboxylic acids is 2. The minimum atomic E-state index is -0.702. The van der Waals surface area contributed by atoms with E-state index < -0.39 is 17.7 Å². The number of nitrogens with two attached hydrogens (primary N) is 1. The highest BCUT2D eigenvalue weighted by atomic mass is 16.6. The van der Waals surface area contributed by atoms with Crippen LogP contribution < -0.4 is 15.8 Å². The van der Waals surface area contributed by atoms with Gasteiger partial charge in [0.05, 0.1) is 6.61 Å². The molecule has 0 fully saturated rings. The van der Waals surface area contributed by atoms with E-state index in [4.69, 9.17) is 15.2 Å². The fourth-order valence-electron chi connectivity index (χ4n) is 1.91. The highest BCUT2D eigenvalue weighted by Gasteiger charge is 2.26. The number of hydrogen-bond donors (Lipinski definition) is 2. The van der Waals surface area contributed by atoms with E-state index in [1.54, 1.807) is 20.8 Å². The van der Waals surface area contributed by atoms with Gasteiger partial charge in [0.25, 0.3) is 0 Å². The fourth-order valence-corrected chi connectivity index (χ4v) is 1.91. The number of nitrogens with one attached hydrogen (secondary N) is 1. The van der Waals surface area contributed by atoms with Crippen molar-refractivity contribution in [1.82, 2.24) is 10.2 Å². The van der Waals surface area contributed by atoms with E-state index in [1.807, 2.05) is 31.2 Å². The summed E-state index contributed by atoms with van der Waals surface area (Å²) in [4.78, 5) is 25.2. The number of benzene rings is 1. The number of hydrogen-bond acceptors (Lipinski definition) is 5. The van der Waals surface area contributed by atoms with Crippen LogP contribution in [0, 0.1) is 6.92 Å². The summed E-state index contributed by atoms with van der Waals surface area (Å²) < 4.78 is 10.8. The van der Waals surface area contributed by atoms with Gasteiger partial charge in [-0.25, -0.2) is 14.5 Å². The molecular formula is C18H29N3O4. The van der Waals surface area contributed by atoms with Crippen LogP contribution in [-0.2, 0) is 4.74 Å². The molecule has 1 aromatic rings. The van der Waals surface area contributed by atoms with Gasteiger partial charge in [0.2, 0.25) is 0 Å². The molecule has 7 heteroatoms. The highest BCUT2D eigenvalue weighted by Crippen LogP contribution is 2.12. The van der Waals surface area contributed by atoms with E-state index in [2.05, 4.69) is 5.32 Å². The Balaban J connectivity index is 2.36. The van der Waals surface area contributed by atoms with Gasteiger partial charge in [0.15, 0.2) is 0 Å². The lowest BCUT2D eigenvalue weighted by atomic mass is 10.2. The first-order valence-electron chi connectivity index (χ1n) is 8.41. The van der Waals surface area contributed by atoms with Crippen LogP contribution in [0.3, 0.4) is 0 Å². The highest BCUT2D eigenvalue weighted by molar-refractivity contribution is 5.91. The molecular weight excluding hydrogens is 322 g/mol. The Kier molecular flexibility index (Phi) is 8.21. The zero-order valence-corrected chi connectivity index (χ0v) is 15.5. The maximum atomic E-state index is 12.1. The van der Waals surface area contributed by atoms with Crippen molar-refractivity contribution in [3.05, 3.63) is 29.8 Å². The second-order valence-electron chi connectivity index (χ2n) is 6.67. The molecule has 140 valence electrons. The van der Waals surface area contributed by atoms with Crippen molar-refractivity contribution >= 4 is 12.1 Å². The number of amides is 3. The fraction of sp³-hybridized carbons (Fsp3) is 0.556. The summed E-state index contributed by atoms with van der Waals surface area (Å²) in [5, 5.41) is 2.68. The monoisotopic (exact) mass is 351 g/mol. The van der Waals surface area contributed by atoms with Crippen LogP contribution in [0.1, 0.15) is 32.8 Å². The van der Waals surface area contributed by atoms with Crippen LogP contribution in [0.5, 0.6) is 5.75 Å². The van der Waals surface area contributed by atoms with Crippen molar-refractivity contribution < 1.29 is 19.1 Å². The molecule has 0 saturated carbocycles. The zero-order valence-electron chi connectivity index (χ0n) is 15.5. The van der Waals surface area contributed by atoms with Crippen molar-refractivity contribution in [2.75, 3.05) is 26.2 Å². The molecule has 0 aliphatic heterocycles. The van der Waals surface area contributed by atoms with Crippen LogP contribution in [0.15, 0.2) is 24.3 Å². The standard InChI is InChI=1S/C18H29N3O4/c1-14-6-8-15(9-7-14)24-13-5-11-20-16(22)21(12-10-19)17(23)25-18(2,3)4/h6-9H,5,10-13,19H2,1-4H3,(H,20,22). The molecule has 0 aliphatic carbocycles. The normalized spacial score (nSPS) is 10.9. The molecule has 3 amide bonds. The van der Waals surface area contributed by atoms with Gasteiger partial charge in [0, 0.05) is 19.6 Å². The summed E-state index contributed by atoms with van der Waals surface area (Å²) in [6.07, 6.45) is -0.0870. The van der Waals surface area contributed by atoms with Crippen LogP contribution in [0.25, 0.3) is 0 Å². The summed E-state index contributed by atoms with van der Waals surface area (Å²) in [6.45, 7) is 8.35. The Labute approximate surface area is 149 Å². The van der Waals surface area contributed by atoms with E-state index in [9.17, 15) is 9.59 Å². The molecule has 1 rings (SSSR count). The molecule has 0 atom stereocenters. The third-order valence-corrected chi connectivity index (χ3v) is 3.10. The predicted octanol–water partition coefficient (Wildman–Crippen LogP) is 2.67. The number of urea groups is 1. The molecule has 0 saturated heterocycles. The van der Waals surface area contributed by atoms with Crippen molar-refractivity contribution in [3.8, 4) is 5.75 Å². The van der Waals surface area contributed by atoms with Gasteiger partial charge in [-0.2, -0.15) is 0 Å². The lowest BCUT2D eigenvalue weighted by molar-refractivity contribution is 0.0325. The summed E-state index contributed by atoms with van der Waals surface area (Å²) in [6, 6.07) is 7.24. The van der Waals surface area contributed by atoms with Gasteiger partial charge in [0.1, 0.15) is 11.4 Å². The first kappa shape index (κ1) is 20.8. The number of aryl methyl sites for hydroxylation is 1. The maximum absolute atomic E-state index is 12.1. The molecule has 0 aliphatic rings. The average molecular weight is 351 g/mol. The Morgan fingerprint density at radius 3 is 2.40 bits per heavy atom. The second kappa shape index (κ2) is 9.88. The summed E-state index contributed by atoms with van der Waals surface area (Å²) >= 11 is 0. The molecule has 0 spiro atoms. The lowest BCUT2D eigenvalue weighted by Crippen LogP contribution is -2.48. The Morgan fingerprint density at radius 1 is 1.20 bits per heavy atom. The molecule has 0 heterocycles. The number of imide groups is 1. The Bertz CT molecular complexity index is 552. The van der Waals surface area contributed by atoms with Crippen molar-refractivity contribution in [3.63, 3.8) is 0 Å². The van der Waals surface area contributed by atoms with E-state index >= 15 is 0 Å². The minimum absolute atomic E-state index is 0.0978. The van der Waals surface area contributed by atoms with Crippen molar-refractivity contribution in [2.45, 2.75) is 39.7 Å². The van der Waals surface area contributed by atoms with E-state index in [1.165, 1.54) is 5.56 Å². The minimum Gasteiger partial charge on any atom is -0.494 e. The summed E-state index contributed by atoms with van der Waals surface area (Å²) in [5.41, 5.74) is 5.96. The first-order valence-corrected chi connectivity index (χ1v) is 8.41. The zero-order chi connectivity index (χ0) is 18.9.